The third-order valence-corrected chi connectivity index (χ3v) is 4.47. The van der Waals surface area contributed by atoms with Crippen LogP contribution in [0, 0.1) is 0 Å². The van der Waals surface area contributed by atoms with E-state index >= 15 is 0 Å². The molecule has 0 bridgehead atoms. The van der Waals surface area contributed by atoms with E-state index < -0.39 is 5.91 Å². The number of hydrogen-bond acceptors (Lipinski definition) is 7. The van der Waals surface area contributed by atoms with Gasteiger partial charge in [-0.25, -0.2) is 4.98 Å². The molecule has 1 aromatic carbocycles. The second-order valence-corrected chi connectivity index (χ2v) is 6.13. The standard InChI is InChI=1S/C17H12N2O5S/c1-9(20)10-5-14-15(24-8-23-14)6-11(10)18-16(21)12-7-25-17(19-12)13-3-2-4-22-13/h2-7H,8H2,1H3,(H,18,21). The smallest absolute Gasteiger partial charge is 0.275 e. The van der Waals surface area contributed by atoms with Crippen LogP contribution in [0.15, 0.2) is 40.3 Å². The van der Waals surface area contributed by atoms with Crippen molar-refractivity contribution in [2.45, 2.75) is 6.92 Å². The van der Waals surface area contributed by atoms with Gasteiger partial charge in [-0.3, -0.25) is 9.59 Å². The van der Waals surface area contributed by atoms with Gasteiger partial charge >= 0.3 is 0 Å². The molecule has 1 N–H and O–H groups in total. The molecule has 0 fully saturated rings. The molecule has 0 saturated carbocycles. The molecule has 0 saturated heterocycles. The fourth-order valence-corrected chi connectivity index (χ4v) is 3.18. The average molecular weight is 356 g/mol. The Labute approximate surface area is 146 Å². The lowest BCUT2D eigenvalue weighted by atomic mass is 10.1. The Hall–Kier alpha value is -3.13. The minimum absolute atomic E-state index is 0.0860. The molecule has 0 radical (unpaired) electrons. The van der Waals surface area contributed by atoms with Gasteiger partial charge in [0.1, 0.15) is 5.69 Å². The van der Waals surface area contributed by atoms with Crippen molar-refractivity contribution in [3.8, 4) is 22.3 Å². The van der Waals surface area contributed by atoms with Crippen LogP contribution in [0.2, 0.25) is 0 Å². The predicted octanol–water partition coefficient (Wildman–Crippen LogP) is 3.59. The first-order valence-electron chi connectivity index (χ1n) is 7.37. The molecule has 3 heterocycles. The molecule has 3 aromatic rings. The lowest BCUT2D eigenvalue weighted by molar-refractivity contribution is 0.101. The maximum atomic E-state index is 12.5. The number of anilines is 1. The number of aromatic nitrogens is 1. The zero-order chi connectivity index (χ0) is 17.4. The van der Waals surface area contributed by atoms with Crippen molar-refractivity contribution in [2.24, 2.45) is 0 Å². The second-order valence-electron chi connectivity index (χ2n) is 5.28. The van der Waals surface area contributed by atoms with E-state index in [2.05, 4.69) is 10.3 Å². The number of furan rings is 1. The lowest BCUT2D eigenvalue weighted by Gasteiger charge is -2.09. The second kappa shape index (κ2) is 6.06. The van der Waals surface area contributed by atoms with Gasteiger partial charge in [-0.1, -0.05) is 0 Å². The monoisotopic (exact) mass is 356 g/mol. The summed E-state index contributed by atoms with van der Waals surface area (Å²) in [4.78, 5) is 28.6. The van der Waals surface area contributed by atoms with Crippen LogP contribution in [0.25, 0.3) is 10.8 Å². The number of fused-ring (bicyclic) bond motifs is 1. The number of carbonyl (C=O) groups is 2. The predicted molar refractivity (Wildman–Crippen MR) is 90.3 cm³/mol. The highest BCUT2D eigenvalue weighted by atomic mass is 32.1. The summed E-state index contributed by atoms with van der Waals surface area (Å²) in [6.07, 6.45) is 1.54. The SMILES string of the molecule is CC(=O)c1cc2c(cc1NC(=O)c1csc(-c3ccco3)n1)OCO2. The number of nitrogens with zero attached hydrogens (tertiary/aromatic N) is 1. The maximum Gasteiger partial charge on any atom is 0.275 e. The van der Waals surface area contributed by atoms with E-state index in [-0.39, 0.29) is 18.3 Å². The molecule has 4 rings (SSSR count). The van der Waals surface area contributed by atoms with Gasteiger partial charge in [-0.05, 0) is 25.1 Å². The third kappa shape index (κ3) is 2.87. The summed E-state index contributed by atoms with van der Waals surface area (Å²) in [5.74, 6) is 0.946. The van der Waals surface area contributed by atoms with Crippen LogP contribution in [-0.4, -0.2) is 23.5 Å². The van der Waals surface area contributed by atoms with Gasteiger partial charge in [0, 0.05) is 17.0 Å². The van der Waals surface area contributed by atoms with Gasteiger partial charge in [0.05, 0.1) is 12.0 Å². The summed E-state index contributed by atoms with van der Waals surface area (Å²) in [6, 6.07) is 6.67. The Morgan fingerprint density at radius 2 is 2.04 bits per heavy atom. The Morgan fingerprint density at radius 1 is 1.24 bits per heavy atom. The molecule has 126 valence electrons. The quantitative estimate of drug-likeness (QED) is 0.719. The number of amides is 1. The van der Waals surface area contributed by atoms with E-state index in [1.54, 1.807) is 35.9 Å². The van der Waals surface area contributed by atoms with Crippen LogP contribution in [0.3, 0.4) is 0 Å². The highest BCUT2D eigenvalue weighted by Crippen LogP contribution is 2.37. The van der Waals surface area contributed by atoms with Gasteiger partial charge in [0.15, 0.2) is 28.1 Å². The molecule has 1 aliphatic rings. The van der Waals surface area contributed by atoms with Crippen molar-refractivity contribution in [1.29, 1.82) is 0 Å². The Bertz CT molecular complexity index is 962. The number of carbonyl (C=O) groups excluding carboxylic acids is 2. The van der Waals surface area contributed by atoms with Crippen LogP contribution in [0.5, 0.6) is 11.5 Å². The Balaban J connectivity index is 1.62. The highest BCUT2D eigenvalue weighted by molar-refractivity contribution is 7.13. The van der Waals surface area contributed by atoms with Crippen LogP contribution in [0.1, 0.15) is 27.8 Å². The number of nitrogens with one attached hydrogen (secondary N) is 1. The number of benzene rings is 1. The lowest BCUT2D eigenvalue weighted by Crippen LogP contribution is -2.14. The van der Waals surface area contributed by atoms with E-state index in [9.17, 15) is 9.59 Å². The summed E-state index contributed by atoms with van der Waals surface area (Å²) < 4.78 is 15.8. The molecule has 8 heteroatoms. The van der Waals surface area contributed by atoms with Crippen molar-refractivity contribution < 1.29 is 23.5 Å². The molecule has 2 aromatic heterocycles. The topological polar surface area (TPSA) is 90.7 Å². The van der Waals surface area contributed by atoms with Crippen molar-refractivity contribution in [2.75, 3.05) is 12.1 Å². The summed E-state index contributed by atoms with van der Waals surface area (Å²) in [6.45, 7) is 1.51. The molecule has 0 atom stereocenters. The number of hydrogen-bond donors (Lipinski definition) is 1. The van der Waals surface area contributed by atoms with E-state index in [1.165, 1.54) is 18.3 Å². The molecule has 0 spiro atoms. The van der Waals surface area contributed by atoms with Crippen LogP contribution < -0.4 is 14.8 Å². The number of Topliss-reactive ketones (excluding diaryl/α,β-unsaturated/α-hetero) is 1. The zero-order valence-electron chi connectivity index (χ0n) is 13.1. The number of ketones is 1. The molecule has 0 unspecified atom stereocenters. The maximum absolute atomic E-state index is 12.5. The van der Waals surface area contributed by atoms with Crippen molar-refractivity contribution in [3.63, 3.8) is 0 Å². The molecule has 7 nitrogen and oxygen atoms in total. The molecule has 1 aliphatic heterocycles. The molecule has 0 aliphatic carbocycles. The molecular formula is C17H12N2O5S. The fraction of sp³-hybridized carbons (Fsp3) is 0.118. The Morgan fingerprint density at radius 3 is 2.76 bits per heavy atom. The highest BCUT2D eigenvalue weighted by Gasteiger charge is 2.21. The largest absolute Gasteiger partial charge is 0.462 e. The van der Waals surface area contributed by atoms with E-state index in [0.717, 1.165) is 0 Å². The van der Waals surface area contributed by atoms with Crippen molar-refractivity contribution in [3.05, 3.63) is 47.2 Å². The van der Waals surface area contributed by atoms with E-state index in [0.29, 0.717) is 33.5 Å². The van der Waals surface area contributed by atoms with Gasteiger partial charge in [-0.2, -0.15) is 0 Å². The summed E-state index contributed by atoms with van der Waals surface area (Å²) in [7, 11) is 0. The first-order chi connectivity index (χ1) is 12.1. The first kappa shape index (κ1) is 15.4. The number of thiazole rings is 1. The summed E-state index contributed by atoms with van der Waals surface area (Å²) in [5, 5.41) is 4.95. The fourth-order valence-electron chi connectivity index (χ4n) is 2.41. The van der Waals surface area contributed by atoms with Crippen LogP contribution in [0.4, 0.5) is 5.69 Å². The van der Waals surface area contributed by atoms with Crippen molar-refractivity contribution >= 4 is 28.7 Å². The van der Waals surface area contributed by atoms with Gasteiger partial charge < -0.3 is 19.2 Å². The summed E-state index contributed by atoms with van der Waals surface area (Å²) in [5.41, 5.74) is 0.942. The van der Waals surface area contributed by atoms with Crippen LogP contribution in [-0.2, 0) is 0 Å². The number of ether oxygens (including phenoxy) is 2. The first-order valence-corrected chi connectivity index (χ1v) is 8.25. The minimum atomic E-state index is -0.421. The molecule has 1 amide bonds. The van der Waals surface area contributed by atoms with E-state index in [1.807, 2.05) is 0 Å². The average Bonchev–Trinajstić information content (AvgIpc) is 3.33. The van der Waals surface area contributed by atoms with Crippen LogP contribution >= 0.6 is 11.3 Å². The van der Waals surface area contributed by atoms with Gasteiger partial charge in [0.25, 0.3) is 5.91 Å². The minimum Gasteiger partial charge on any atom is -0.462 e. The summed E-state index contributed by atoms with van der Waals surface area (Å²) >= 11 is 1.30. The van der Waals surface area contributed by atoms with Gasteiger partial charge in [0.2, 0.25) is 6.79 Å². The van der Waals surface area contributed by atoms with Gasteiger partial charge in [-0.15, -0.1) is 11.3 Å². The number of rotatable bonds is 4. The molecule has 25 heavy (non-hydrogen) atoms. The third-order valence-electron chi connectivity index (χ3n) is 3.61. The normalized spacial score (nSPS) is 12.2. The molecular weight excluding hydrogens is 344 g/mol. The zero-order valence-corrected chi connectivity index (χ0v) is 13.9. The van der Waals surface area contributed by atoms with E-state index in [4.69, 9.17) is 13.9 Å². The Kier molecular flexibility index (Phi) is 3.73. The van der Waals surface area contributed by atoms with Crippen molar-refractivity contribution in [1.82, 2.24) is 4.98 Å².